The molecule has 0 fully saturated rings. The van der Waals surface area contributed by atoms with E-state index in [-0.39, 0.29) is 17.8 Å². The van der Waals surface area contributed by atoms with Gasteiger partial charge in [-0.05, 0) is 97.3 Å². The van der Waals surface area contributed by atoms with Gasteiger partial charge in [-0.25, -0.2) is 4.98 Å². The first kappa shape index (κ1) is 26.0. The van der Waals surface area contributed by atoms with Crippen LogP contribution in [-0.4, -0.2) is 9.55 Å². The molecule has 0 aliphatic heterocycles. The molecule has 0 spiro atoms. The van der Waals surface area contributed by atoms with Crippen LogP contribution in [0.15, 0.2) is 194 Å². The van der Waals surface area contributed by atoms with Gasteiger partial charge in [0.15, 0.2) is 0 Å². The first-order valence-corrected chi connectivity index (χ1v) is 18.8. The normalized spacial score (nSPS) is 13.0. The van der Waals surface area contributed by atoms with E-state index in [1.165, 1.54) is 25.7 Å². The Morgan fingerprint density at radius 1 is 0.463 bits per heavy atom. The van der Waals surface area contributed by atoms with Gasteiger partial charge in [-0.2, -0.15) is 0 Å². The quantitative estimate of drug-likeness (QED) is 0.163. The van der Waals surface area contributed by atoms with Crippen molar-refractivity contribution < 1.29 is 6.85 Å². The maximum atomic E-state index is 9.05. The van der Waals surface area contributed by atoms with Crippen molar-refractivity contribution in [2.75, 3.05) is 0 Å². The van der Waals surface area contributed by atoms with Crippen molar-refractivity contribution in [3.05, 3.63) is 194 Å². The molecule has 2 nitrogen and oxygen atoms in total. The standard InChI is InChI=1S/C51H32N2S/c1-3-16-33(17-4-1)34-30-31-39-43(32-34)49(42-25-15-29-47-50(42)41-24-11-14-28-46(41)54-47)37-21-8-7-20-36(37)48(39)38-22-9-10-23-40(38)51-52-44-26-12-13-27-45(44)53(51)35-18-5-2-6-19-35/h1-32H/i2D,5D,6D,18D,19D. The average molecular weight is 710 g/mol. The van der Waals surface area contributed by atoms with Gasteiger partial charge in [-0.1, -0.05) is 152 Å². The molecule has 0 aliphatic carbocycles. The number of imidazole rings is 1. The highest BCUT2D eigenvalue weighted by molar-refractivity contribution is 7.25. The first-order valence-electron chi connectivity index (χ1n) is 20.5. The SMILES string of the molecule is [2H]c1c([2H])c([2H])c(-n2c(-c3ccccc3-c3c4ccccc4c(-c4cccc5sc6ccccc6c45)c4cc(-c5ccccc5)ccc34)nc3ccccc32)c([2H])c1[2H]. The minimum atomic E-state index is -0.436. The van der Waals surface area contributed by atoms with Crippen LogP contribution in [0.25, 0.3) is 103 Å². The lowest BCUT2D eigenvalue weighted by atomic mass is 9.83. The first-order chi connectivity index (χ1) is 28.9. The van der Waals surface area contributed by atoms with Crippen LogP contribution < -0.4 is 0 Å². The molecule has 11 aromatic rings. The molecule has 0 unspecified atom stereocenters. The molecule has 0 amide bonds. The largest absolute Gasteiger partial charge is 0.292 e. The molecular weight excluding hydrogens is 673 g/mol. The minimum Gasteiger partial charge on any atom is -0.292 e. The molecule has 2 aromatic heterocycles. The Bertz CT molecular complexity index is 3490. The number of aromatic nitrogens is 2. The molecule has 0 aliphatic rings. The summed E-state index contributed by atoms with van der Waals surface area (Å²) < 4.78 is 47.9. The predicted octanol–water partition coefficient (Wildman–Crippen LogP) is 14.4. The second-order valence-electron chi connectivity index (χ2n) is 13.5. The summed E-state index contributed by atoms with van der Waals surface area (Å²) in [6.07, 6.45) is 0. The molecule has 0 atom stereocenters. The molecule has 252 valence electrons. The number of benzene rings is 9. The zero-order valence-corrected chi connectivity index (χ0v) is 29.7. The van der Waals surface area contributed by atoms with Crippen LogP contribution >= 0.6 is 11.3 Å². The second kappa shape index (κ2) is 12.4. The second-order valence-corrected chi connectivity index (χ2v) is 14.6. The van der Waals surface area contributed by atoms with Crippen LogP contribution in [0.5, 0.6) is 0 Å². The fourth-order valence-electron chi connectivity index (χ4n) is 8.24. The molecule has 54 heavy (non-hydrogen) atoms. The number of rotatable bonds is 5. The van der Waals surface area contributed by atoms with Crippen molar-refractivity contribution in [2.24, 2.45) is 0 Å². The molecule has 0 saturated heterocycles. The summed E-state index contributed by atoms with van der Waals surface area (Å²) in [5.74, 6) is 0.483. The number of hydrogen-bond acceptors (Lipinski definition) is 2. The molecule has 0 radical (unpaired) electrons. The van der Waals surface area contributed by atoms with Gasteiger partial charge in [0.1, 0.15) is 5.82 Å². The highest BCUT2D eigenvalue weighted by Gasteiger charge is 2.24. The third kappa shape index (κ3) is 4.76. The third-order valence-electron chi connectivity index (χ3n) is 10.5. The molecule has 2 heterocycles. The fraction of sp³-hybridized carbons (Fsp3) is 0. The van der Waals surface area contributed by atoms with E-state index in [0.29, 0.717) is 16.9 Å². The van der Waals surface area contributed by atoms with Gasteiger partial charge in [0.2, 0.25) is 0 Å². The van der Waals surface area contributed by atoms with Crippen molar-refractivity contribution in [3.63, 3.8) is 0 Å². The fourth-order valence-corrected chi connectivity index (χ4v) is 9.37. The highest BCUT2D eigenvalue weighted by atomic mass is 32.1. The van der Waals surface area contributed by atoms with Crippen LogP contribution in [0.3, 0.4) is 0 Å². The van der Waals surface area contributed by atoms with Gasteiger partial charge in [0.05, 0.1) is 17.9 Å². The summed E-state index contributed by atoms with van der Waals surface area (Å²) in [4.78, 5) is 5.17. The number of nitrogens with zero attached hydrogens (tertiary/aromatic N) is 2. The minimum absolute atomic E-state index is 0.0585. The number of thiophene rings is 1. The van der Waals surface area contributed by atoms with Crippen LogP contribution in [0, 0.1) is 0 Å². The van der Waals surface area contributed by atoms with Gasteiger partial charge in [0.25, 0.3) is 0 Å². The highest BCUT2D eigenvalue weighted by Crippen LogP contribution is 2.50. The zero-order chi connectivity index (χ0) is 39.9. The monoisotopic (exact) mass is 709 g/mol. The lowest BCUT2D eigenvalue weighted by molar-refractivity contribution is 1.10. The summed E-state index contributed by atoms with van der Waals surface area (Å²) in [7, 11) is 0. The van der Waals surface area contributed by atoms with Gasteiger partial charge < -0.3 is 0 Å². The zero-order valence-electron chi connectivity index (χ0n) is 33.9. The third-order valence-corrected chi connectivity index (χ3v) is 11.6. The summed E-state index contributed by atoms with van der Waals surface area (Å²) in [6.45, 7) is 0. The number of fused-ring (bicyclic) bond motifs is 6. The lowest BCUT2D eigenvalue weighted by Gasteiger charge is -2.21. The van der Waals surface area contributed by atoms with E-state index in [2.05, 4.69) is 115 Å². The maximum Gasteiger partial charge on any atom is 0.146 e. The molecule has 3 heteroatoms. The Labute approximate surface area is 323 Å². The number of para-hydroxylation sites is 3. The smallest absolute Gasteiger partial charge is 0.146 e. The van der Waals surface area contributed by atoms with Crippen molar-refractivity contribution in [3.8, 4) is 50.5 Å². The summed E-state index contributed by atoms with van der Waals surface area (Å²) in [5.41, 5.74) is 8.64. The molecule has 9 aromatic carbocycles. The van der Waals surface area contributed by atoms with Crippen molar-refractivity contribution in [1.82, 2.24) is 9.55 Å². The summed E-state index contributed by atoms with van der Waals surface area (Å²) >= 11 is 1.82. The Hall–Kier alpha value is -6.81. The van der Waals surface area contributed by atoms with E-state index >= 15 is 0 Å². The van der Waals surface area contributed by atoms with Gasteiger partial charge in [-0.3, -0.25) is 4.57 Å². The van der Waals surface area contributed by atoms with Crippen LogP contribution in [-0.2, 0) is 0 Å². The average Bonchev–Trinajstić information content (AvgIpc) is 3.86. The van der Waals surface area contributed by atoms with E-state index in [0.717, 1.165) is 54.9 Å². The van der Waals surface area contributed by atoms with E-state index in [1.54, 1.807) is 4.57 Å². The Morgan fingerprint density at radius 3 is 1.93 bits per heavy atom. The van der Waals surface area contributed by atoms with Crippen LogP contribution in [0.1, 0.15) is 6.85 Å². The summed E-state index contributed by atoms with van der Waals surface area (Å²) in [5, 5.41) is 6.82. The maximum absolute atomic E-state index is 9.05. The molecule has 0 saturated carbocycles. The lowest BCUT2D eigenvalue weighted by Crippen LogP contribution is -1.99. The van der Waals surface area contributed by atoms with Crippen molar-refractivity contribution in [1.29, 1.82) is 0 Å². The van der Waals surface area contributed by atoms with Crippen LogP contribution in [0.2, 0.25) is 0 Å². The predicted molar refractivity (Wildman–Crippen MR) is 231 cm³/mol. The van der Waals surface area contributed by atoms with E-state index in [1.807, 2.05) is 59.9 Å². The Kier molecular flexibility index (Phi) is 5.98. The van der Waals surface area contributed by atoms with Crippen LogP contribution in [0.4, 0.5) is 0 Å². The molecule has 0 bridgehead atoms. The topological polar surface area (TPSA) is 17.8 Å². The molecule has 11 rings (SSSR count). The van der Waals surface area contributed by atoms with E-state index in [9.17, 15) is 0 Å². The van der Waals surface area contributed by atoms with E-state index in [4.69, 9.17) is 11.8 Å². The van der Waals surface area contributed by atoms with Gasteiger partial charge in [0, 0.05) is 31.4 Å². The number of hydrogen-bond donors (Lipinski definition) is 0. The molecular formula is C51H32N2S. The van der Waals surface area contributed by atoms with Crippen molar-refractivity contribution >= 4 is 64.1 Å². The summed E-state index contributed by atoms with van der Waals surface area (Å²) in [6, 6.07) is 55.0. The van der Waals surface area contributed by atoms with Gasteiger partial charge in [-0.15, -0.1) is 11.3 Å². The Balaban J connectivity index is 1.28. The van der Waals surface area contributed by atoms with E-state index < -0.39 is 18.1 Å². The molecule has 0 N–H and O–H groups in total. The van der Waals surface area contributed by atoms with Gasteiger partial charge >= 0.3 is 0 Å². The van der Waals surface area contributed by atoms with Crippen molar-refractivity contribution in [2.45, 2.75) is 0 Å². The Morgan fingerprint density at radius 2 is 1.09 bits per heavy atom.